The molecule has 0 aliphatic carbocycles. The van der Waals surface area contributed by atoms with Gasteiger partial charge in [0.15, 0.2) is 5.16 Å². The lowest BCUT2D eigenvalue weighted by Crippen LogP contribution is -2.33. The highest BCUT2D eigenvalue weighted by Crippen LogP contribution is 2.41. The van der Waals surface area contributed by atoms with Crippen LogP contribution in [0.4, 0.5) is 10.2 Å². The van der Waals surface area contributed by atoms with Crippen molar-refractivity contribution in [2.24, 2.45) is 7.05 Å². The molecule has 1 atom stereocenters. The Hall–Kier alpha value is -3.33. The Morgan fingerprint density at radius 2 is 1.91 bits per heavy atom. The molecule has 7 nitrogen and oxygen atoms in total. The molecule has 0 spiro atoms. The SMILES string of the molecule is COc1ccc(OC)c([C@H]2CC(=O)Nc3c2c(=O)nc(SCc2ccc(F)cc2)n3C)c1. The number of nitrogens with zero attached hydrogens (tertiary/aromatic N) is 2. The van der Waals surface area contributed by atoms with Crippen LogP contribution in [0.5, 0.6) is 11.5 Å². The molecule has 2 heterocycles. The van der Waals surface area contributed by atoms with E-state index >= 15 is 0 Å². The van der Waals surface area contributed by atoms with Gasteiger partial charge in [-0.15, -0.1) is 0 Å². The topological polar surface area (TPSA) is 82.4 Å². The van der Waals surface area contributed by atoms with Crippen LogP contribution in [0.15, 0.2) is 52.4 Å². The summed E-state index contributed by atoms with van der Waals surface area (Å²) in [5.74, 6) is 1.05. The van der Waals surface area contributed by atoms with Gasteiger partial charge in [0.2, 0.25) is 5.91 Å². The molecule has 1 amide bonds. The number of carbonyl (C=O) groups excluding carboxylic acids is 1. The number of halogens is 1. The zero-order valence-corrected chi connectivity index (χ0v) is 18.7. The summed E-state index contributed by atoms with van der Waals surface area (Å²) in [5.41, 5.74) is 1.58. The predicted octanol–water partition coefficient (Wildman–Crippen LogP) is 3.70. The molecule has 0 saturated heterocycles. The van der Waals surface area contributed by atoms with Gasteiger partial charge < -0.3 is 19.4 Å². The zero-order chi connectivity index (χ0) is 22.8. The molecule has 0 unspecified atom stereocenters. The van der Waals surface area contributed by atoms with Gasteiger partial charge in [0.25, 0.3) is 5.56 Å². The van der Waals surface area contributed by atoms with E-state index in [1.54, 1.807) is 56.2 Å². The number of carbonyl (C=O) groups is 1. The first-order valence-electron chi connectivity index (χ1n) is 9.91. The first-order valence-corrected chi connectivity index (χ1v) is 10.9. The van der Waals surface area contributed by atoms with Gasteiger partial charge in [-0.1, -0.05) is 23.9 Å². The van der Waals surface area contributed by atoms with E-state index in [1.807, 2.05) is 0 Å². The Labute approximate surface area is 188 Å². The van der Waals surface area contributed by atoms with Gasteiger partial charge in [0.1, 0.15) is 23.1 Å². The van der Waals surface area contributed by atoms with Gasteiger partial charge in [-0.2, -0.15) is 4.98 Å². The van der Waals surface area contributed by atoms with Crippen LogP contribution >= 0.6 is 11.8 Å². The molecule has 1 N–H and O–H groups in total. The number of benzene rings is 2. The molecular formula is C23H22FN3O4S. The Morgan fingerprint density at radius 3 is 2.59 bits per heavy atom. The number of thioether (sulfide) groups is 1. The molecule has 4 rings (SSSR count). The number of fused-ring (bicyclic) bond motifs is 1. The van der Waals surface area contributed by atoms with Gasteiger partial charge in [-0.3, -0.25) is 9.59 Å². The van der Waals surface area contributed by atoms with Crippen LogP contribution in [0, 0.1) is 5.82 Å². The largest absolute Gasteiger partial charge is 0.497 e. The van der Waals surface area contributed by atoms with Gasteiger partial charge in [0, 0.05) is 30.7 Å². The Kier molecular flexibility index (Phi) is 6.18. The summed E-state index contributed by atoms with van der Waals surface area (Å²) in [6.45, 7) is 0. The second kappa shape index (κ2) is 9.04. The van der Waals surface area contributed by atoms with Gasteiger partial charge in [-0.05, 0) is 35.9 Å². The van der Waals surface area contributed by atoms with Crippen LogP contribution in [0.25, 0.3) is 0 Å². The van der Waals surface area contributed by atoms with Crippen molar-refractivity contribution in [2.45, 2.75) is 23.2 Å². The molecule has 9 heteroatoms. The number of amides is 1. The average Bonchev–Trinajstić information content (AvgIpc) is 2.80. The fourth-order valence-electron chi connectivity index (χ4n) is 3.77. The van der Waals surface area contributed by atoms with E-state index in [0.29, 0.717) is 39.4 Å². The molecule has 0 bridgehead atoms. The molecule has 0 radical (unpaired) electrons. The van der Waals surface area contributed by atoms with Crippen molar-refractivity contribution in [3.05, 3.63) is 75.3 Å². The molecule has 3 aromatic rings. The van der Waals surface area contributed by atoms with Crippen molar-refractivity contribution < 1.29 is 18.7 Å². The first kappa shape index (κ1) is 21.9. The highest BCUT2D eigenvalue weighted by Gasteiger charge is 2.34. The number of hydrogen-bond donors (Lipinski definition) is 1. The normalized spacial score (nSPS) is 15.1. The second-order valence-electron chi connectivity index (χ2n) is 7.35. The number of hydrogen-bond acceptors (Lipinski definition) is 6. The molecule has 166 valence electrons. The quantitative estimate of drug-likeness (QED) is 0.451. The molecule has 1 aromatic heterocycles. The van der Waals surface area contributed by atoms with Crippen LogP contribution in [0.2, 0.25) is 0 Å². The molecule has 0 fully saturated rings. The summed E-state index contributed by atoms with van der Waals surface area (Å²) < 4.78 is 25.7. The monoisotopic (exact) mass is 455 g/mol. The fourth-order valence-corrected chi connectivity index (χ4v) is 4.69. The van der Waals surface area contributed by atoms with Gasteiger partial charge >= 0.3 is 0 Å². The van der Waals surface area contributed by atoms with Crippen molar-refractivity contribution in [2.75, 3.05) is 19.5 Å². The van der Waals surface area contributed by atoms with Crippen molar-refractivity contribution in [3.8, 4) is 11.5 Å². The minimum absolute atomic E-state index is 0.0928. The highest BCUT2D eigenvalue weighted by molar-refractivity contribution is 7.98. The molecular weight excluding hydrogens is 433 g/mol. The Balaban J connectivity index is 1.75. The number of methoxy groups -OCH3 is 2. The highest BCUT2D eigenvalue weighted by atomic mass is 32.2. The van der Waals surface area contributed by atoms with Crippen molar-refractivity contribution in [1.82, 2.24) is 9.55 Å². The smallest absolute Gasteiger partial charge is 0.279 e. The third-order valence-electron chi connectivity index (χ3n) is 5.39. The summed E-state index contributed by atoms with van der Waals surface area (Å²) in [6.07, 6.45) is 0.0928. The van der Waals surface area contributed by atoms with E-state index in [2.05, 4.69) is 10.3 Å². The summed E-state index contributed by atoms with van der Waals surface area (Å²) >= 11 is 1.34. The van der Waals surface area contributed by atoms with Crippen LogP contribution < -0.4 is 20.3 Å². The number of nitrogens with one attached hydrogen (secondary N) is 1. The number of ether oxygens (including phenoxy) is 2. The first-order chi connectivity index (χ1) is 15.4. The Morgan fingerprint density at radius 1 is 1.16 bits per heavy atom. The van der Waals surface area contributed by atoms with E-state index < -0.39 is 11.5 Å². The average molecular weight is 456 g/mol. The Bertz CT molecular complexity index is 1230. The van der Waals surface area contributed by atoms with Crippen LogP contribution in [0.3, 0.4) is 0 Å². The molecule has 0 saturated carbocycles. The zero-order valence-electron chi connectivity index (χ0n) is 17.8. The minimum atomic E-state index is -0.522. The lowest BCUT2D eigenvalue weighted by atomic mass is 9.86. The van der Waals surface area contributed by atoms with Crippen LogP contribution in [-0.2, 0) is 17.6 Å². The molecule has 32 heavy (non-hydrogen) atoms. The van der Waals surface area contributed by atoms with Crippen molar-refractivity contribution >= 4 is 23.5 Å². The third-order valence-corrected chi connectivity index (χ3v) is 6.50. The third kappa shape index (κ3) is 4.20. The van der Waals surface area contributed by atoms with E-state index in [0.717, 1.165) is 5.56 Å². The standard InChI is InChI=1S/C23H22FN3O4S/c1-27-21-20(22(29)26-23(27)32-12-13-4-6-14(24)7-5-13)17(11-19(28)25-21)16-10-15(30-2)8-9-18(16)31-3/h4-10,17H,11-12H2,1-3H3,(H,25,28)/t17-/m1/s1. The lowest BCUT2D eigenvalue weighted by molar-refractivity contribution is -0.116. The van der Waals surface area contributed by atoms with E-state index in [1.165, 1.54) is 23.9 Å². The summed E-state index contributed by atoms with van der Waals surface area (Å²) in [6, 6.07) is 11.5. The van der Waals surface area contributed by atoms with Crippen LogP contribution in [-0.4, -0.2) is 29.7 Å². The van der Waals surface area contributed by atoms with Crippen molar-refractivity contribution in [1.29, 1.82) is 0 Å². The van der Waals surface area contributed by atoms with Crippen LogP contribution in [0.1, 0.15) is 29.0 Å². The number of anilines is 1. The molecule has 2 aromatic carbocycles. The predicted molar refractivity (Wildman–Crippen MR) is 120 cm³/mol. The number of rotatable bonds is 6. The number of aromatic nitrogens is 2. The fraction of sp³-hybridized carbons (Fsp3) is 0.261. The second-order valence-corrected chi connectivity index (χ2v) is 8.29. The maximum Gasteiger partial charge on any atom is 0.279 e. The van der Waals surface area contributed by atoms with E-state index in [-0.39, 0.29) is 18.1 Å². The summed E-state index contributed by atoms with van der Waals surface area (Å²) in [5, 5.41) is 3.29. The molecule has 1 aliphatic rings. The lowest BCUT2D eigenvalue weighted by Gasteiger charge is -2.28. The maximum absolute atomic E-state index is 13.1. The van der Waals surface area contributed by atoms with Crippen molar-refractivity contribution in [3.63, 3.8) is 0 Å². The maximum atomic E-state index is 13.1. The minimum Gasteiger partial charge on any atom is -0.497 e. The van der Waals surface area contributed by atoms with E-state index in [9.17, 15) is 14.0 Å². The summed E-state index contributed by atoms with van der Waals surface area (Å²) in [7, 11) is 4.85. The van der Waals surface area contributed by atoms with Gasteiger partial charge in [-0.25, -0.2) is 4.39 Å². The molecule has 1 aliphatic heterocycles. The van der Waals surface area contributed by atoms with E-state index in [4.69, 9.17) is 9.47 Å². The van der Waals surface area contributed by atoms with Gasteiger partial charge in [0.05, 0.1) is 19.8 Å². The summed E-state index contributed by atoms with van der Waals surface area (Å²) in [4.78, 5) is 30.0.